The smallest absolute Gasteiger partial charge is 0.312 e. The number of aryl methyl sites for hydroxylation is 1. The Bertz CT molecular complexity index is 1040. The van der Waals surface area contributed by atoms with Crippen LogP contribution in [0.4, 0.5) is 11.4 Å². The number of carbonyl (C=O) groups excluding carboxylic acids is 1. The van der Waals surface area contributed by atoms with Crippen LogP contribution in [-0.4, -0.2) is 27.2 Å². The monoisotopic (exact) mass is 410 g/mol. The minimum atomic E-state index is -0.491. The first-order valence-corrected chi connectivity index (χ1v) is 9.36. The van der Waals surface area contributed by atoms with Crippen LogP contribution in [-0.2, 0) is 11.3 Å². The minimum absolute atomic E-state index is 0.0707. The quantitative estimate of drug-likeness (QED) is 0.439. The van der Waals surface area contributed by atoms with Crippen LogP contribution in [0.1, 0.15) is 18.3 Å². The fourth-order valence-electron chi connectivity index (χ4n) is 2.96. The highest BCUT2D eigenvalue weighted by Crippen LogP contribution is 2.25. The van der Waals surface area contributed by atoms with Crippen LogP contribution in [0.2, 0.25) is 0 Å². The van der Waals surface area contributed by atoms with E-state index in [1.54, 1.807) is 38.1 Å². The molecule has 3 aromatic rings. The molecule has 0 bridgehead atoms. The maximum atomic E-state index is 12.3. The Morgan fingerprint density at radius 2 is 1.63 bits per heavy atom. The van der Waals surface area contributed by atoms with Gasteiger partial charge in [0.15, 0.2) is 0 Å². The number of hydrogen-bond donors (Lipinski definition) is 1. The van der Waals surface area contributed by atoms with Gasteiger partial charge in [-0.25, -0.2) is 0 Å². The first-order chi connectivity index (χ1) is 14.4. The zero-order valence-corrected chi connectivity index (χ0v) is 16.9. The van der Waals surface area contributed by atoms with Crippen LogP contribution >= 0.6 is 0 Å². The second-order valence-electron chi connectivity index (χ2n) is 6.51. The number of nitrogens with zero attached hydrogens (tertiary/aromatic N) is 3. The van der Waals surface area contributed by atoms with Gasteiger partial charge in [-0.1, -0.05) is 0 Å². The predicted octanol–water partition coefficient (Wildman–Crippen LogP) is 4.24. The maximum absolute atomic E-state index is 12.3. The van der Waals surface area contributed by atoms with Crippen molar-refractivity contribution in [2.45, 2.75) is 27.3 Å². The first-order valence-electron chi connectivity index (χ1n) is 9.36. The number of nitrogens with one attached hydrogen (secondary N) is 1. The average Bonchev–Trinajstić information content (AvgIpc) is 2.98. The summed E-state index contributed by atoms with van der Waals surface area (Å²) in [5.41, 5.74) is 1.13. The van der Waals surface area contributed by atoms with E-state index < -0.39 is 4.92 Å². The highest BCUT2D eigenvalue weighted by atomic mass is 16.6. The number of nitro groups is 1. The van der Waals surface area contributed by atoms with Crippen LogP contribution in [0.15, 0.2) is 48.5 Å². The van der Waals surface area contributed by atoms with E-state index in [2.05, 4.69) is 10.4 Å². The Kier molecular flexibility index (Phi) is 6.31. The lowest BCUT2D eigenvalue weighted by Gasteiger charge is -2.09. The lowest BCUT2D eigenvalue weighted by molar-refractivity contribution is -0.386. The summed E-state index contributed by atoms with van der Waals surface area (Å²) in [6, 6.07) is 14.2. The average molecular weight is 410 g/mol. The van der Waals surface area contributed by atoms with Crippen LogP contribution in [0.3, 0.4) is 0 Å². The molecule has 0 spiro atoms. The van der Waals surface area contributed by atoms with Crippen LogP contribution in [0.25, 0.3) is 0 Å². The fourth-order valence-corrected chi connectivity index (χ4v) is 2.96. The van der Waals surface area contributed by atoms with Crippen molar-refractivity contribution in [2.24, 2.45) is 0 Å². The van der Waals surface area contributed by atoms with Crippen molar-refractivity contribution in [1.29, 1.82) is 0 Å². The lowest BCUT2D eigenvalue weighted by Crippen LogP contribution is -2.20. The van der Waals surface area contributed by atoms with Crippen LogP contribution in [0.5, 0.6) is 17.2 Å². The lowest BCUT2D eigenvalue weighted by atomic mass is 10.3. The molecule has 9 heteroatoms. The standard InChI is InChI=1S/C21H22N4O5/c1-4-29-17-9-11-19(12-10-17)30-18-7-5-16(6-8-18)22-20(26)13-24-15(3)21(25(27)28)14(2)23-24/h5-12H,4,13H2,1-3H3,(H,22,26). The van der Waals surface area contributed by atoms with Gasteiger partial charge in [-0.2, -0.15) is 5.10 Å². The van der Waals surface area contributed by atoms with Crippen molar-refractivity contribution in [3.05, 3.63) is 70.0 Å². The summed E-state index contributed by atoms with van der Waals surface area (Å²) in [5.74, 6) is 1.72. The Hall–Kier alpha value is -3.88. The Labute approximate surface area is 173 Å². The summed E-state index contributed by atoms with van der Waals surface area (Å²) in [4.78, 5) is 22.9. The molecule has 156 valence electrons. The molecule has 2 aromatic carbocycles. The van der Waals surface area contributed by atoms with Gasteiger partial charge in [0.2, 0.25) is 5.91 Å². The van der Waals surface area contributed by atoms with Crippen molar-refractivity contribution in [3.8, 4) is 17.2 Å². The number of rotatable bonds is 8. The number of hydrogen-bond acceptors (Lipinski definition) is 6. The van der Waals surface area contributed by atoms with Gasteiger partial charge in [-0.15, -0.1) is 0 Å². The Balaban J connectivity index is 1.59. The van der Waals surface area contributed by atoms with Crippen molar-refractivity contribution in [3.63, 3.8) is 0 Å². The molecule has 0 unspecified atom stereocenters. The van der Waals surface area contributed by atoms with Crippen LogP contribution in [0, 0.1) is 24.0 Å². The highest BCUT2D eigenvalue weighted by molar-refractivity contribution is 5.90. The molecule has 3 rings (SSSR count). The third kappa shape index (κ3) is 4.93. The number of anilines is 1. The first kappa shape index (κ1) is 20.8. The molecular formula is C21H22N4O5. The van der Waals surface area contributed by atoms with Crippen molar-refractivity contribution in [1.82, 2.24) is 9.78 Å². The number of benzene rings is 2. The molecular weight excluding hydrogens is 388 g/mol. The summed E-state index contributed by atoms with van der Waals surface area (Å²) < 4.78 is 12.5. The van der Waals surface area contributed by atoms with E-state index in [0.29, 0.717) is 29.5 Å². The summed E-state index contributed by atoms with van der Waals surface area (Å²) in [7, 11) is 0. The molecule has 0 aliphatic rings. The van der Waals surface area contributed by atoms with Gasteiger partial charge in [-0.05, 0) is 69.3 Å². The van der Waals surface area contributed by atoms with Gasteiger partial charge in [0, 0.05) is 5.69 Å². The molecule has 1 amide bonds. The largest absolute Gasteiger partial charge is 0.494 e. The molecule has 0 atom stereocenters. The molecule has 9 nitrogen and oxygen atoms in total. The highest BCUT2D eigenvalue weighted by Gasteiger charge is 2.22. The molecule has 30 heavy (non-hydrogen) atoms. The van der Waals surface area contributed by atoms with Gasteiger partial charge >= 0.3 is 5.69 Å². The Morgan fingerprint density at radius 3 is 2.17 bits per heavy atom. The normalized spacial score (nSPS) is 10.5. The van der Waals surface area contributed by atoms with Crippen LogP contribution < -0.4 is 14.8 Å². The van der Waals surface area contributed by atoms with Gasteiger partial charge in [0.1, 0.15) is 35.2 Å². The van der Waals surface area contributed by atoms with Crippen molar-refractivity contribution >= 4 is 17.3 Å². The third-order valence-corrected chi connectivity index (χ3v) is 4.33. The second-order valence-corrected chi connectivity index (χ2v) is 6.51. The molecule has 1 N–H and O–H groups in total. The predicted molar refractivity (Wildman–Crippen MR) is 111 cm³/mol. The van der Waals surface area contributed by atoms with Crippen molar-refractivity contribution in [2.75, 3.05) is 11.9 Å². The summed E-state index contributed by atoms with van der Waals surface area (Å²) in [6.07, 6.45) is 0. The fraction of sp³-hybridized carbons (Fsp3) is 0.238. The number of amides is 1. The summed E-state index contributed by atoms with van der Waals surface area (Å²) in [6.45, 7) is 5.52. The summed E-state index contributed by atoms with van der Waals surface area (Å²) >= 11 is 0. The van der Waals surface area contributed by atoms with E-state index in [1.165, 1.54) is 4.68 Å². The summed E-state index contributed by atoms with van der Waals surface area (Å²) in [5, 5.41) is 17.9. The molecule has 0 saturated carbocycles. The SMILES string of the molecule is CCOc1ccc(Oc2ccc(NC(=O)Cn3nc(C)c([N+](=O)[O-])c3C)cc2)cc1. The van der Waals surface area contributed by atoms with E-state index in [-0.39, 0.29) is 23.8 Å². The molecule has 0 aliphatic heterocycles. The maximum Gasteiger partial charge on any atom is 0.312 e. The van der Waals surface area contributed by atoms with E-state index in [0.717, 1.165) is 5.75 Å². The van der Waals surface area contributed by atoms with E-state index in [4.69, 9.17) is 9.47 Å². The Morgan fingerprint density at radius 1 is 1.07 bits per heavy atom. The minimum Gasteiger partial charge on any atom is -0.494 e. The van der Waals surface area contributed by atoms with Gasteiger partial charge in [0.25, 0.3) is 0 Å². The number of ether oxygens (including phenoxy) is 2. The number of carbonyl (C=O) groups is 1. The van der Waals surface area contributed by atoms with Gasteiger partial charge in [0.05, 0.1) is 11.5 Å². The van der Waals surface area contributed by atoms with Gasteiger partial charge < -0.3 is 14.8 Å². The van der Waals surface area contributed by atoms with E-state index >= 15 is 0 Å². The molecule has 1 heterocycles. The zero-order chi connectivity index (χ0) is 21.7. The van der Waals surface area contributed by atoms with Crippen molar-refractivity contribution < 1.29 is 19.2 Å². The van der Waals surface area contributed by atoms with E-state index in [9.17, 15) is 14.9 Å². The molecule has 0 radical (unpaired) electrons. The molecule has 1 aromatic heterocycles. The molecule has 0 aliphatic carbocycles. The second kappa shape index (κ2) is 9.08. The van der Waals surface area contributed by atoms with Gasteiger partial charge in [-0.3, -0.25) is 19.6 Å². The topological polar surface area (TPSA) is 109 Å². The number of aromatic nitrogens is 2. The van der Waals surface area contributed by atoms with E-state index in [1.807, 2.05) is 31.2 Å². The molecule has 0 fully saturated rings. The molecule has 0 saturated heterocycles. The zero-order valence-electron chi connectivity index (χ0n) is 16.9. The third-order valence-electron chi connectivity index (χ3n) is 4.33.